The Morgan fingerprint density at radius 1 is 1.03 bits per heavy atom. The Bertz CT molecular complexity index is 1260. The van der Waals surface area contributed by atoms with E-state index in [0.717, 1.165) is 22.0 Å². The van der Waals surface area contributed by atoms with Crippen LogP contribution in [0.2, 0.25) is 0 Å². The van der Waals surface area contributed by atoms with Crippen LogP contribution in [0.15, 0.2) is 79.0 Å². The lowest BCUT2D eigenvalue weighted by Crippen LogP contribution is -2.29. The third-order valence-corrected chi connectivity index (χ3v) is 5.54. The maximum Gasteiger partial charge on any atom is 0.262 e. The van der Waals surface area contributed by atoms with Crippen molar-refractivity contribution in [3.63, 3.8) is 0 Å². The topological polar surface area (TPSA) is 83.2 Å². The summed E-state index contributed by atoms with van der Waals surface area (Å²) in [5.41, 5.74) is 4.40. The van der Waals surface area contributed by atoms with Crippen molar-refractivity contribution >= 4 is 28.4 Å². The number of hydrogen-bond acceptors (Lipinski definition) is 3. The number of ether oxygens (including phenoxy) is 1. The number of benzene rings is 3. The van der Waals surface area contributed by atoms with E-state index in [1.54, 1.807) is 18.2 Å². The Morgan fingerprint density at radius 2 is 1.84 bits per heavy atom. The van der Waals surface area contributed by atoms with E-state index >= 15 is 0 Å². The summed E-state index contributed by atoms with van der Waals surface area (Å²) in [5.74, 6) is 0.108. The molecule has 31 heavy (non-hydrogen) atoms. The summed E-state index contributed by atoms with van der Waals surface area (Å²) in [6.45, 7) is 0.397. The van der Waals surface area contributed by atoms with E-state index in [9.17, 15) is 9.59 Å². The quantitative estimate of drug-likeness (QED) is 0.463. The zero-order valence-corrected chi connectivity index (χ0v) is 16.7. The number of hydrogen-bond donors (Lipinski definition) is 3. The van der Waals surface area contributed by atoms with Crippen LogP contribution in [-0.4, -0.2) is 29.9 Å². The Labute approximate surface area is 179 Å². The van der Waals surface area contributed by atoms with Gasteiger partial charge in [0, 0.05) is 35.1 Å². The lowest BCUT2D eigenvalue weighted by Gasteiger charge is -2.20. The van der Waals surface area contributed by atoms with E-state index in [1.807, 2.05) is 42.6 Å². The van der Waals surface area contributed by atoms with Gasteiger partial charge in [0.25, 0.3) is 11.8 Å². The molecule has 3 aromatic carbocycles. The monoisotopic (exact) mass is 411 g/mol. The van der Waals surface area contributed by atoms with Crippen molar-refractivity contribution in [2.45, 2.75) is 5.92 Å². The molecule has 0 saturated heterocycles. The fourth-order valence-corrected chi connectivity index (χ4v) is 3.99. The fourth-order valence-electron chi connectivity index (χ4n) is 3.99. The van der Waals surface area contributed by atoms with E-state index < -0.39 is 0 Å². The molecule has 1 aliphatic heterocycles. The minimum atomic E-state index is -0.200. The molecule has 4 aromatic rings. The molecule has 0 saturated carbocycles. The van der Waals surface area contributed by atoms with Crippen molar-refractivity contribution in [3.05, 3.63) is 95.7 Å². The average molecular weight is 411 g/mol. The lowest BCUT2D eigenvalue weighted by atomic mass is 9.91. The Kier molecular flexibility index (Phi) is 4.88. The van der Waals surface area contributed by atoms with Crippen LogP contribution >= 0.6 is 0 Å². The van der Waals surface area contributed by atoms with Crippen molar-refractivity contribution in [3.8, 4) is 5.75 Å². The van der Waals surface area contributed by atoms with Crippen LogP contribution in [0.3, 0.4) is 0 Å². The first kappa shape index (κ1) is 18.9. The highest BCUT2D eigenvalue weighted by atomic mass is 16.5. The van der Waals surface area contributed by atoms with Crippen LogP contribution in [0.1, 0.15) is 27.4 Å². The highest BCUT2D eigenvalue weighted by Crippen LogP contribution is 2.31. The molecular weight excluding hydrogens is 390 g/mol. The van der Waals surface area contributed by atoms with Crippen LogP contribution in [0.25, 0.3) is 10.9 Å². The van der Waals surface area contributed by atoms with Crippen LogP contribution in [0.5, 0.6) is 5.75 Å². The number of nitrogens with one attached hydrogen (secondary N) is 3. The second-order valence-electron chi connectivity index (χ2n) is 7.51. The minimum absolute atomic E-state index is 0.00512. The first-order valence-corrected chi connectivity index (χ1v) is 10.1. The average Bonchev–Trinajstić information content (AvgIpc) is 3.23. The van der Waals surface area contributed by atoms with Gasteiger partial charge in [-0.15, -0.1) is 0 Å². The van der Waals surface area contributed by atoms with Crippen molar-refractivity contribution in [1.82, 2.24) is 10.3 Å². The van der Waals surface area contributed by atoms with Gasteiger partial charge in [0.15, 0.2) is 6.61 Å². The number of para-hydroxylation sites is 1. The molecule has 0 radical (unpaired) electrons. The van der Waals surface area contributed by atoms with Gasteiger partial charge in [0.1, 0.15) is 5.75 Å². The molecule has 2 heterocycles. The molecule has 3 N–H and O–H groups in total. The number of amides is 2. The summed E-state index contributed by atoms with van der Waals surface area (Å²) in [7, 11) is 0. The first-order chi connectivity index (χ1) is 15.2. The summed E-state index contributed by atoms with van der Waals surface area (Å²) in [5, 5.41) is 6.95. The smallest absolute Gasteiger partial charge is 0.262 e. The number of carbonyl (C=O) groups is 2. The number of carbonyl (C=O) groups excluding carboxylic acids is 2. The standard InChI is InChI=1S/C25H21N3O3/c29-24-15-31-23-12-17(10-11-22(23)28-24)25(30)27-13-19(16-6-2-1-3-7-16)20-14-26-21-9-5-4-8-18(20)21/h1-12,14,19,26H,13,15H2,(H,27,30)(H,28,29). The van der Waals surface area contributed by atoms with Gasteiger partial charge in [-0.3, -0.25) is 9.59 Å². The van der Waals surface area contributed by atoms with Crippen LogP contribution in [0, 0.1) is 0 Å². The molecule has 6 nitrogen and oxygen atoms in total. The summed E-state index contributed by atoms with van der Waals surface area (Å²) in [6, 6.07) is 23.4. The van der Waals surface area contributed by atoms with Gasteiger partial charge in [0.05, 0.1) is 5.69 Å². The molecule has 1 unspecified atom stereocenters. The first-order valence-electron chi connectivity index (χ1n) is 10.1. The molecular formula is C25H21N3O3. The van der Waals surface area contributed by atoms with Gasteiger partial charge in [0.2, 0.25) is 0 Å². The number of aromatic nitrogens is 1. The number of H-pyrrole nitrogens is 1. The molecule has 1 atom stereocenters. The van der Waals surface area contributed by atoms with Crippen LogP contribution in [0.4, 0.5) is 5.69 Å². The van der Waals surface area contributed by atoms with Gasteiger partial charge in [-0.2, -0.15) is 0 Å². The van der Waals surface area contributed by atoms with Crippen LogP contribution in [-0.2, 0) is 4.79 Å². The van der Waals surface area contributed by atoms with Crippen molar-refractivity contribution in [2.75, 3.05) is 18.5 Å². The van der Waals surface area contributed by atoms with Gasteiger partial charge in [-0.1, -0.05) is 48.5 Å². The maximum absolute atomic E-state index is 12.9. The second-order valence-corrected chi connectivity index (χ2v) is 7.51. The maximum atomic E-state index is 12.9. The Balaban J connectivity index is 1.40. The zero-order chi connectivity index (χ0) is 21.2. The summed E-state index contributed by atoms with van der Waals surface area (Å²) in [4.78, 5) is 27.7. The molecule has 2 amide bonds. The Hall–Kier alpha value is -4.06. The predicted molar refractivity (Wildman–Crippen MR) is 119 cm³/mol. The molecule has 154 valence electrons. The van der Waals surface area contributed by atoms with Gasteiger partial charge in [-0.25, -0.2) is 0 Å². The van der Waals surface area contributed by atoms with E-state index in [-0.39, 0.29) is 24.3 Å². The highest BCUT2D eigenvalue weighted by Gasteiger charge is 2.21. The molecule has 0 aliphatic carbocycles. The molecule has 0 spiro atoms. The minimum Gasteiger partial charge on any atom is -0.482 e. The van der Waals surface area contributed by atoms with E-state index in [1.165, 1.54) is 0 Å². The predicted octanol–water partition coefficient (Wildman–Crippen LogP) is 4.06. The highest BCUT2D eigenvalue weighted by molar-refractivity contribution is 5.99. The Morgan fingerprint density at radius 3 is 2.71 bits per heavy atom. The van der Waals surface area contributed by atoms with E-state index in [4.69, 9.17) is 4.74 Å². The second kappa shape index (κ2) is 7.99. The van der Waals surface area contributed by atoms with Gasteiger partial charge < -0.3 is 20.4 Å². The molecule has 0 bridgehead atoms. The number of anilines is 1. The molecule has 6 heteroatoms. The van der Waals surface area contributed by atoms with Crippen molar-refractivity contribution in [1.29, 1.82) is 0 Å². The molecule has 5 rings (SSSR count). The number of aromatic amines is 1. The SMILES string of the molecule is O=C1COc2cc(C(=O)NCC(c3ccccc3)c3c[nH]c4ccccc34)ccc2N1. The zero-order valence-electron chi connectivity index (χ0n) is 16.7. The van der Waals surface area contributed by atoms with Crippen LogP contribution < -0.4 is 15.4 Å². The lowest BCUT2D eigenvalue weighted by molar-refractivity contribution is -0.118. The number of rotatable bonds is 5. The van der Waals surface area contributed by atoms with Gasteiger partial charge >= 0.3 is 0 Å². The largest absolute Gasteiger partial charge is 0.482 e. The van der Waals surface area contributed by atoms with Crippen molar-refractivity contribution in [2.24, 2.45) is 0 Å². The summed E-state index contributed by atoms with van der Waals surface area (Å²) in [6.07, 6.45) is 2.02. The molecule has 1 aliphatic rings. The molecule has 0 fully saturated rings. The summed E-state index contributed by atoms with van der Waals surface area (Å²) >= 11 is 0. The third kappa shape index (κ3) is 3.75. The van der Waals surface area contributed by atoms with E-state index in [0.29, 0.717) is 23.5 Å². The van der Waals surface area contributed by atoms with Gasteiger partial charge in [-0.05, 0) is 35.4 Å². The third-order valence-electron chi connectivity index (χ3n) is 5.54. The summed E-state index contributed by atoms with van der Waals surface area (Å²) < 4.78 is 5.43. The van der Waals surface area contributed by atoms with Crippen molar-refractivity contribution < 1.29 is 14.3 Å². The fraction of sp³-hybridized carbons (Fsp3) is 0.120. The number of fused-ring (bicyclic) bond motifs is 2. The normalized spacial score (nSPS) is 13.7. The molecule has 1 aromatic heterocycles. The van der Waals surface area contributed by atoms with E-state index in [2.05, 4.69) is 33.8 Å².